The Bertz CT molecular complexity index is 341. The van der Waals surface area contributed by atoms with Crippen LogP contribution in [0.4, 0.5) is 0 Å². The van der Waals surface area contributed by atoms with Crippen molar-refractivity contribution in [3.63, 3.8) is 0 Å². The van der Waals surface area contributed by atoms with Crippen LogP contribution in [0.2, 0.25) is 0 Å². The first kappa shape index (κ1) is 14.0. The van der Waals surface area contributed by atoms with E-state index < -0.39 is 0 Å². The fourth-order valence-electron chi connectivity index (χ4n) is 2.16. The smallest absolute Gasteiger partial charge is 0.00159 e. The number of piperidine rings is 1. The Kier molecular flexibility index (Phi) is 5.99. The third-order valence-corrected chi connectivity index (χ3v) is 3.33. The molecule has 0 spiro atoms. The lowest BCUT2D eigenvalue weighted by Gasteiger charge is -2.25. The number of nitrogens with zero attached hydrogens (tertiary/aromatic N) is 1. The molecule has 94 valence electrons. The average molecular weight is 231 g/mol. The Labute approximate surface area is 106 Å². The highest BCUT2D eigenvalue weighted by Crippen LogP contribution is 2.25. The van der Waals surface area contributed by atoms with Crippen molar-refractivity contribution in [2.24, 2.45) is 0 Å². The van der Waals surface area contributed by atoms with Crippen molar-refractivity contribution in [1.29, 1.82) is 0 Å². The van der Waals surface area contributed by atoms with Crippen LogP contribution in [-0.4, -0.2) is 25.0 Å². The highest BCUT2D eigenvalue weighted by molar-refractivity contribution is 5.67. The van der Waals surface area contributed by atoms with Gasteiger partial charge >= 0.3 is 0 Å². The third-order valence-electron chi connectivity index (χ3n) is 3.33. The maximum atomic E-state index is 2.40. The van der Waals surface area contributed by atoms with E-state index in [4.69, 9.17) is 0 Å². The normalized spacial score (nSPS) is 16.1. The van der Waals surface area contributed by atoms with Crippen LogP contribution in [0.5, 0.6) is 0 Å². The zero-order valence-corrected chi connectivity index (χ0v) is 11.7. The van der Waals surface area contributed by atoms with Gasteiger partial charge in [-0.05, 0) is 37.9 Å². The summed E-state index contributed by atoms with van der Waals surface area (Å²) in [4.78, 5) is 2.40. The molecule has 1 aromatic carbocycles. The summed E-state index contributed by atoms with van der Waals surface area (Å²) in [5.41, 5.74) is 4.51. The summed E-state index contributed by atoms with van der Waals surface area (Å²) in [6, 6.07) is 10.7. The van der Waals surface area contributed by atoms with E-state index >= 15 is 0 Å². The summed E-state index contributed by atoms with van der Waals surface area (Å²) in [6.07, 6.45) is 2.47. The second-order valence-electron chi connectivity index (χ2n) is 4.40. The predicted molar refractivity (Wildman–Crippen MR) is 77.1 cm³/mol. The standard InChI is InChI=1S/C14H19N.C2H6/c1-12(13-6-4-3-5-7-13)14-8-10-15(2)11-9-14;1-2/h3-7H,8-11H2,1-2H3;1-2H3. The topological polar surface area (TPSA) is 3.24 Å². The molecule has 1 nitrogen and oxygen atoms in total. The first-order valence-electron chi connectivity index (χ1n) is 6.70. The minimum Gasteiger partial charge on any atom is -0.306 e. The van der Waals surface area contributed by atoms with Gasteiger partial charge < -0.3 is 4.90 Å². The molecular formula is C16H25N. The molecule has 17 heavy (non-hydrogen) atoms. The maximum Gasteiger partial charge on any atom is 0.00159 e. The van der Waals surface area contributed by atoms with Gasteiger partial charge in [0.15, 0.2) is 0 Å². The van der Waals surface area contributed by atoms with E-state index in [1.165, 1.54) is 37.1 Å². The molecule has 0 N–H and O–H groups in total. The van der Waals surface area contributed by atoms with Crippen molar-refractivity contribution < 1.29 is 0 Å². The molecule has 0 atom stereocenters. The van der Waals surface area contributed by atoms with Gasteiger partial charge in [0, 0.05) is 13.1 Å². The van der Waals surface area contributed by atoms with E-state index in [2.05, 4.69) is 49.2 Å². The van der Waals surface area contributed by atoms with Crippen molar-refractivity contribution in [3.05, 3.63) is 41.5 Å². The minimum atomic E-state index is 1.21. The van der Waals surface area contributed by atoms with Crippen LogP contribution in [0.1, 0.15) is 39.2 Å². The zero-order valence-electron chi connectivity index (χ0n) is 11.7. The molecule has 0 unspecified atom stereocenters. The fraction of sp³-hybridized carbons (Fsp3) is 0.500. The lowest BCUT2D eigenvalue weighted by molar-refractivity contribution is 0.313. The van der Waals surface area contributed by atoms with Gasteiger partial charge in [-0.2, -0.15) is 0 Å². The van der Waals surface area contributed by atoms with Gasteiger partial charge in [-0.1, -0.05) is 49.8 Å². The van der Waals surface area contributed by atoms with Crippen molar-refractivity contribution in [2.75, 3.05) is 20.1 Å². The van der Waals surface area contributed by atoms with Gasteiger partial charge in [0.05, 0.1) is 0 Å². The van der Waals surface area contributed by atoms with Gasteiger partial charge in [-0.15, -0.1) is 0 Å². The highest BCUT2D eigenvalue weighted by atomic mass is 15.1. The second-order valence-corrected chi connectivity index (χ2v) is 4.40. The third kappa shape index (κ3) is 4.01. The Hall–Kier alpha value is -1.08. The van der Waals surface area contributed by atoms with Gasteiger partial charge in [0.1, 0.15) is 0 Å². The van der Waals surface area contributed by atoms with Crippen LogP contribution in [-0.2, 0) is 0 Å². The highest BCUT2D eigenvalue weighted by Gasteiger charge is 2.12. The lowest BCUT2D eigenvalue weighted by atomic mass is 9.94. The molecule has 0 bridgehead atoms. The molecule has 0 aliphatic carbocycles. The molecule has 1 aliphatic rings. The van der Waals surface area contributed by atoms with Crippen LogP contribution >= 0.6 is 0 Å². The van der Waals surface area contributed by atoms with Crippen LogP contribution in [0.15, 0.2) is 35.9 Å². The van der Waals surface area contributed by atoms with Crippen LogP contribution < -0.4 is 0 Å². The van der Waals surface area contributed by atoms with Crippen molar-refractivity contribution in [1.82, 2.24) is 4.90 Å². The van der Waals surface area contributed by atoms with E-state index in [0.29, 0.717) is 0 Å². The largest absolute Gasteiger partial charge is 0.306 e. The molecule has 2 rings (SSSR count). The Morgan fingerprint density at radius 3 is 2.06 bits per heavy atom. The number of hydrogen-bond acceptors (Lipinski definition) is 1. The summed E-state index contributed by atoms with van der Waals surface area (Å²) in [5.74, 6) is 0. The Morgan fingerprint density at radius 1 is 1.00 bits per heavy atom. The monoisotopic (exact) mass is 231 g/mol. The molecule has 1 aliphatic heterocycles. The predicted octanol–water partition coefficient (Wildman–Crippen LogP) is 4.21. The molecule has 0 radical (unpaired) electrons. The molecule has 1 aromatic rings. The molecule has 1 saturated heterocycles. The van der Waals surface area contributed by atoms with E-state index in [0.717, 1.165) is 0 Å². The van der Waals surface area contributed by atoms with Crippen molar-refractivity contribution in [3.8, 4) is 0 Å². The number of hydrogen-bond donors (Lipinski definition) is 0. The van der Waals surface area contributed by atoms with Crippen LogP contribution in [0.25, 0.3) is 5.57 Å². The van der Waals surface area contributed by atoms with Crippen molar-refractivity contribution in [2.45, 2.75) is 33.6 Å². The van der Waals surface area contributed by atoms with Gasteiger partial charge in [0.2, 0.25) is 0 Å². The van der Waals surface area contributed by atoms with Gasteiger partial charge in [-0.25, -0.2) is 0 Å². The molecule has 0 aromatic heterocycles. The first-order valence-corrected chi connectivity index (χ1v) is 6.70. The summed E-state index contributed by atoms with van der Waals surface area (Å²) >= 11 is 0. The van der Waals surface area contributed by atoms with Gasteiger partial charge in [-0.3, -0.25) is 0 Å². The average Bonchev–Trinajstić information content (AvgIpc) is 2.42. The molecule has 1 heterocycles. The van der Waals surface area contributed by atoms with E-state index in [-0.39, 0.29) is 0 Å². The molecule has 1 fully saturated rings. The lowest BCUT2D eigenvalue weighted by Crippen LogP contribution is -2.26. The molecule has 0 amide bonds. The molecule has 1 heteroatoms. The molecule has 0 saturated carbocycles. The summed E-state index contributed by atoms with van der Waals surface area (Å²) < 4.78 is 0. The van der Waals surface area contributed by atoms with E-state index in [1.807, 2.05) is 13.8 Å². The Balaban J connectivity index is 0.000000686. The number of benzene rings is 1. The summed E-state index contributed by atoms with van der Waals surface area (Å²) in [5, 5.41) is 0. The van der Waals surface area contributed by atoms with Crippen LogP contribution in [0, 0.1) is 0 Å². The van der Waals surface area contributed by atoms with Crippen molar-refractivity contribution >= 4 is 5.57 Å². The van der Waals surface area contributed by atoms with E-state index in [9.17, 15) is 0 Å². The quantitative estimate of drug-likeness (QED) is 0.699. The molecular weight excluding hydrogens is 206 g/mol. The summed E-state index contributed by atoms with van der Waals surface area (Å²) in [6.45, 7) is 8.68. The number of allylic oxidation sites excluding steroid dienone is 1. The van der Waals surface area contributed by atoms with Crippen LogP contribution in [0.3, 0.4) is 0 Å². The zero-order chi connectivity index (χ0) is 12.7. The SMILES string of the molecule is CC.CC(=C1CCN(C)CC1)c1ccccc1. The second kappa shape index (κ2) is 7.29. The Morgan fingerprint density at radius 2 is 1.53 bits per heavy atom. The minimum absolute atomic E-state index is 1.21. The number of likely N-dealkylation sites (tertiary alicyclic amines) is 1. The first-order chi connectivity index (χ1) is 8.27. The maximum absolute atomic E-state index is 2.40. The number of rotatable bonds is 1. The van der Waals surface area contributed by atoms with E-state index in [1.54, 1.807) is 5.57 Å². The van der Waals surface area contributed by atoms with Gasteiger partial charge in [0.25, 0.3) is 0 Å². The summed E-state index contributed by atoms with van der Waals surface area (Å²) in [7, 11) is 2.20. The fourth-order valence-corrected chi connectivity index (χ4v) is 2.16.